The Kier molecular flexibility index (Phi) is 4.13. The van der Waals surface area contributed by atoms with E-state index in [9.17, 15) is 8.42 Å². The van der Waals surface area contributed by atoms with Crippen LogP contribution in [-0.4, -0.2) is 24.4 Å². The van der Waals surface area contributed by atoms with E-state index < -0.39 is 10.0 Å². The van der Waals surface area contributed by atoms with E-state index in [0.717, 1.165) is 28.6 Å². The van der Waals surface area contributed by atoms with E-state index in [2.05, 4.69) is 21.1 Å². The number of sulfonamides is 1. The number of halogens is 1. The van der Waals surface area contributed by atoms with Gasteiger partial charge in [0.25, 0.3) is 0 Å². The van der Waals surface area contributed by atoms with Gasteiger partial charge < -0.3 is 4.52 Å². The zero-order valence-electron chi connectivity index (χ0n) is 12.4. The second kappa shape index (κ2) is 5.79. The molecule has 1 aliphatic heterocycles. The van der Waals surface area contributed by atoms with E-state index in [1.807, 2.05) is 13.8 Å². The molecule has 1 saturated heterocycles. The van der Waals surface area contributed by atoms with Gasteiger partial charge in [-0.2, -0.15) is 4.31 Å². The summed E-state index contributed by atoms with van der Waals surface area (Å²) in [5.41, 5.74) is 1.67. The summed E-state index contributed by atoms with van der Waals surface area (Å²) in [4.78, 5) is 0.314. The predicted molar refractivity (Wildman–Crippen MR) is 86.0 cm³/mol. The molecular formula is C15H17BrN2O3S. The van der Waals surface area contributed by atoms with Crippen LogP contribution in [0.2, 0.25) is 0 Å². The molecule has 0 bridgehead atoms. The van der Waals surface area contributed by atoms with Crippen molar-refractivity contribution in [2.45, 2.75) is 37.6 Å². The van der Waals surface area contributed by atoms with Crippen molar-refractivity contribution < 1.29 is 12.9 Å². The molecule has 2 aromatic rings. The molecule has 3 rings (SSSR count). The van der Waals surface area contributed by atoms with Crippen LogP contribution in [0, 0.1) is 13.8 Å². The van der Waals surface area contributed by atoms with Gasteiger partial charge in [-0.1, -0.05) is 21.1 Å². The fraction of sp³-hybridized carbons (Fsp3) is 0.400. The Morgan fingerprint density at radius 1 is 1.27 bits per heavy atom. The largest absolute Gasteiger partial charge is 0.361 e. The Labute approximate surface area is 138 Å². The van der Waals surface area contributed by atoms with E-state index in [-0.39, 0.29) is 6.04 Å². The molecule has 0 amide bonds. The van der Waals surface area contributed by atoms with Crippen LogP contribution in [-0.2, 0) is 10.0 Å². The Morgan fingerprint density at radius 2 is 1.95 bits per heavy atom. The first-order valence-corrected chi connectivity index (χ1v) is 9.35. The van der Waals surface area contributed by atoms with Crippen LogP contribution in [0.5, 0.6) is 0 Å². The molecule has 2 heterocycles. The number of rotatable bonds is 3. The SMILES string of the molecule is Cc1noc(C)c1[C@@H]1CCCN1S(=O)(=O)c1ccc(Br)cc1. The number of aromatic nitrogens is 1. The van der Waals surface area contributed by atoms with E-state index in [1.54, 1.807) is 28.6 Å². The van der Waals surface area contributed by atoms with Crippen molar-refractivity contribution in [1.29, 1.82) is 0 Å². The van der Waals surface area contributed by atoms with E-state index in [4.69, 9.17) is 4.52 Å². The van der Waals surface area contributed by atoms with Crippen LogP contribution in [0.3, 0.4) is 0 Å². The van der Waals surface area contributed by atoms with Crippen LogP contribution in [0.4, 0.5) is 0 Å². The molecule has 118 valence electrons. The molecule has 1 aromatic carbocycles. The second-order valence-electron chi connectivity index (χ2n) is 5.47. The van der Waals surface area contributed by atoms with Gasteiger partial charge in [-0.3, -0.25) is 0 Å². The fourth-order valence-corrected chi connectivity index (χ4v) is 4.95. The Hall–Kier alpha value is -1.18. The average Bonchev–Trinajstić information content (AvgIpc) is 3.06. The molecule has 1 aliphatic rings. The van der Waals surface area contributed by atoms with E-state index >= 15 is 0 Å². The number of nitrogens with zero attached hydrogens (tertiary/aromatic N) is 2. The Morgan fingerprint density at radius 3 is 2.55 bits per heavy atom. The molecule has 5 nitrogen and oxygen atoms in total. The summed E-state index contributed by atoms with van der Waals surface area (Å²) < 4.78 is 33.5. The maximum Gasteiger partial charge on any atom is 0.243 e. The van der Waals surface area contributed by atoms with Gasteiger partial charge in [0.1, 0.15) is 5.76 Å². The molecule has 1 atom stereocenters. The van der Waals surface area contributed by atoms with E-state index in [0.29, 0.717) is 17.2 Å². The van der Waals surface area contributed by atoms with Crippen LogP contribution < -0.4 is 0 Å². The second-order valence-corrected chi connectivity index (χ2v) is 8.27. The Balaban J connectivity index is 2.01. The summed E-state index contributed by atoms with van der Waals surface area (Å²) in [5.74, 6) is 0.695. The molecule has 1 aromatic heterocycles. The van der Waals surface area contributed by atoms with Crippen molar-refractivity contribution in [2.24, 2.45) is 0 Å². The molecular weight excluding hydrogens is 368 g/mol. The minimum atomic E-state index is -3.52. The van der Waals surface area contributed by atoms with Crippen molar-refractivity contribution in [3.8, 4) is 0 Å². The highest BCUT2D eigenvalue weighted by atomic mass is 79.9. The molecule has 0 spiro atoms. The summed E-state index contributed by atoms with van der Waals surface area (Å²) in [6.07, 6.45) is 1.63. The van der Waals surface area contributed by atoms with Crippen molar-refractivity contribution in [3.63, 3.8) is 0 Å². The fourth-order valence-electron chi connectivity index (χ4n) is 3.02. The summed E-state index contributed by atoms with van der Waals surface area (Å²) in [7, 11) is -3.52. The first-order chi connectivity index (χ1) is 10.4. The summed E-state index contributed by atoms with van der Waals surface area (Å²) >= 11 is 3.33. The lowest BCUT2D eigenvalue weighted by Crippen LogP contribution is -2.31. The molecule has 0 N–H and O–H groups in total. The first-order valence-electron chi connectivity index (χ1n) is 7.11. The normalized spacial score (nSPS) is 19.7. The number of hydrogen-bond donors (Lipinski definition) is 0. The highest BCUT2D eigenvalue weighted by molar-refractivity contribution is 9.10. The molecule has 0 radical (unpaired) electrons. The third-order valence-corrected chi connectivity index (χ3v) is 6.50. The molecule has 0 saturated carbocycles. The van der Waals surface area contributed by atoms with Gasteiger partial charge in [-0.05, 0) is 51.0 Å². The number of hydrogen-bond acceptors (Lipinski definition) is 4. The quantitative estimate of drug-likeness (QED) is 0.810. The van der Waals surface area contributed by atoms with E-state index in [1.165, 1.54) is 0 Å². The average molecular weight is 385 g/mol. The van der Waals surface area contributed by atoms with Crippen LogP contribution in [0.15, 0.2) is 38.2 Å². The van der Waals surface area contributed by atoms with Gasteiger partial charge in [-0.25, -0.2) is 8.42 Å². The lowest BCUT2D eigenvalue weighted by molar-refractivity contribution is 0.376. The zero-order valence-corrected chi connectivity index (χ0v) is 14.8. The van der Waals surface area contributed by atoms with Crippen LogP contribution >= 0.6 is 15.9 Å². The van der Waals surface area contributed by atoms with Crippen molar-refractivity contribution in [3.05, 3.63) is 45.8 Å². The molecule has 1 fully saturated rings. The maximum absolute atomic E-state index is 12.9. The van der Waals surface area contributed by atoms with Gasteiger partial charge in [0.2, 0.25) is 10.0 Å². The third-order valence-electron chi connectivity index (χ3n) is 4.05. The lowest BCUT2D eigenvalue weighted by Gasteiger charge is -2.24. The molecule has 22 heavy (non-hydrogen) atoms. The minimum Gasteiger partial charge on any atom is -0.361 e. The molecule has 0 unspecified atom stereocenters. The summed E-state index contributed by atoms with van der Waals surface area (Å²) in [5, 5.41) is 3.96. The number of benzene rings is 1. The van der Waals surface area contributed by atoms with Gasteiger partial charge >= 0.3 is 0 Å². The van der Waals surface area contributed by atoms with Gasteiger partial charge in [0.05, 0.1) is 16.6 Å². The number of aryl methyl sites for hydroxylation is 2. The topological polar surface area (TPSA) is 63.4 Å². The van der Waals surface area contributed by atoms with Gasteiger partial charge in [-0.15, -0.1) is 0 Å². The van der Waals surface area contributed by atoms with Gasteiger partial charge in [0.15, 0.2) is 0 Å². The Bertz CT molecular complexity index is 764. The highest BCUT2D eigenvalue weighted by Gasteiger charge is 2.38. The summed E-state index contributed by atoms with van der Waals surface area (Å²) in [6.45, 7) is 4.21. The smallest absolute Gasteiger partial charge is 0.243 e. The van der Waals surface area contributed by atoms with Gasteiger partial charge in [0, 0.05) is 16.6 Å². The zero-order chi connectivity index (χ0) is 15.9. The first kappa shape index (κ1) is 15.7. The monoisotopic (exact) mass is 384 g/mol. The maximum atomic E-state index is 12.9. The van der Waals surface area contributed by atoms with Crippen molar-refractivity contribution in [1.82, 2.24) is 9.46 Å². The summed E-state index contributed by atoms with van der Waals surface area (Å²) in [6, 6.07) is 6.55. The van der Waals surface area contributed by atoms with Crippen LogP contribution in [0.25, 0.3) is 0 Å². The lowest BCUT2D eigenvalue weighted by atomic mass is 10.0. The van der Waals surface area contributed by atoms with Crippen LogP contribution in [0.1, 0.15) is 35.9 Å². The predicted octanol–water partition coefficient (Wildman–Crippen LogP) is 3.58. The third kappa shape index (κ3) is 2.61. The molecule has 0 aliphatic carbocycles. The standard InChI is InChI=1S/C15H17BrN2O3S/c1-10-15(11(2)21-17-10)14-4-3-9-18(14)22(19,20)13-7-5-12(16)6-8-13/h5-8,14H,3-4,9H2,1-2H3/t14-/m0/s1. The minimum absolute atomic E-state index is 0.195. The van der Waals surface area contributed by atoms with Crippen molar-refractivity contribution >= 4 is 26.0 Å². The highest BCUT2D eigenvalue weighted by Crippen LogP contribution is 2.39. The molecule has 7 heteroatoms. The van der Waals surface area contributed by atoms with Crippen molar-refractivity contribution in [2.75, 3.05) is 6.54 Å².